The summed E-state index contributed by atoms with van der Waals surface area (Å²) in [5.74, 6) is 0.111. The van der Waals surface area contributed by atoms with E-state index in [-0.39, 0.29) is 11.4 Å². The van der Waals surface area contributed by atoms with Gasteiger partial charge in [0.25, 0.3) is 0 Å². The lowest BCUT2D eigenvalue weighted by molar-refractivity contribution is -0.117. The van der Waals surface area contributed by atoms with E-state index in [1.54, 1.807) is 18.3 Å². The first-order valence-electron chi connectivity index (χ1n) is 4.64. The average Bonchev–Trinajstić information content (AvgIpc) is 2.48. The summed E-state index contributed by atoms with van der Waals surface area (Å²) in [7, 11) is 0. The van der Waals surface area contributed by atoms with Gasteiger partial charge in [0.15, 0.2) is 0 Å². The fraction of sp³-hybridized carbons (Fsp3) is 0.500. The van der Waals surface area contributed by atoms with E-state index in [0.717, 1.165) is 17.2 Å². The van der Waals surface area contributed by atoms with Gasteiger partial charge in [-0.3, -0.25) is 9.69 Å². The van der Waals surface area contributed by atoms with Gasteiger partial charge in [-0.15, -0.1) is 11.3 Å². The highest BCUT2D eigenvalue weighted by molar-refractivity contribution is 7.15. The zero-order valence-electron chi connectivity index (χ0n) is 8.63. The van der Waals surface area contributed by atoms with E-state index in [9.17, 15) is 4.79 Å². The Balaban J connectivity index is 2.49. The highest BCUT2D eigenvalue weighted by Crippen LogP contribution is 2.40. The fourth-order valence-electron chi connectivity index (χ4n) is 1.84. The number of hydrogen-bond acceptors (Lipinski definition) is 3. The molecule has 3 nitrogen and oxygen atoms in total. The molecule has 0 unspecified atom stereocenters. The quantitative estimate of drug-likeness (QED) is 0.712. The van der Waals surface area contributed by atoms with Crippen LogP contribution in [0.25, 0.3) is 0 Å². The van der Waals surface area contributed by atoms with E-state index in [4.69, 9.17) is 0 Å². The van der Waals surface area contributed by atoms with E-state index in [0.29, 0.717) is 0 Å². The summed E-state index contributed by atoms with van der Waals surface area (Å²) >= 11 is 1.61. The normalized spacial score (nSPS) is 18.6. The first-order chi connectivity index (χ1) is 6.52. The van der Waals surface area contributed by atoms with Crippen LogP contribution in [0.5, 0.6) is 0 Å². The van der Waals surface area contributed by atoms with Crippen molar-refractivity contribution < 1.29 is 4.79 Å². The molecule has 0 saturated carbocycles. The third kappa shape index (κ3) is 1.30. The van der Waals surface area contributed by atoms with E-state index >= 15 is 0 Å². The van der Waals surface area contributed by atoms with Crippen LogP contribution in [0.15, 0.2) is 11.4 Å². The first kappa shape index (κ1) is 9.52. The minimum Gasteiger partial charge on any atom is -0.380 e. The Morgan fingerprint density at radius 2 is 2.36 bits per heavy atom. The number of nitrogens with zero attached hydrogens (tertiary/aromatic N) is 1. The summed E-state index contributed by atoms with van der Waals surface area (Å²) in [6.45, 7) is 6.57. The van der Waals surface area contributed by atoms with Gasteiger partial charge in [-0.05, 0) is 25.3 Å². The number of thiophene rings is 1. The molecule has 0 spiro atoms. The molecular weight excluding hydrogens is 196 g/mol. The van der Waals surface area contributed by atoms with Gasteiger partial charge in [0.1, 0.15) is 5.00 Å². The van der Waals surface area contributed by atoms with Crippen LogP contribution >= 0.6 is 11.3 Å². The van der Waals surface area contributed by atoms with Crippen molar-refractivity contribution in [1.82, 2.24) is 0 Å². The third-order valence-corrected chi connectivity index (χ3v) is 3.38. The SMILES string of the molecule is CC(=O)N1c2sccc2NCC1(C)C. The molecule has 1 amide bonds. The predicted molar refractivity (Wildman–Crippen MR) is 60.0 cm³/mol. The van der Waals surface area contributed by atoms with Crippen LogP contribution in [0.3, 0.4) is 0 Å². The molecule has 14 heavy (non-hydrogen) atoms. The van der Waals surface area contributed by atoms with Gasteiger partial charge in [-0.1, -0.05) is 0 Å². The number of anilines is 2. The number of rotatable bonds is 0. The average molecular weight is 210 g/mol. The second-order valence-corrected chi connectivity index (χ2v) is 5.05. The fourth-order valence-corrected chi connectivity index (χ4v) is 2.92. The molecule has 2 heterocycles. The Hall–Kier alpha value is -1.03. The van der Waals surface area contributed by atoms with E-state index in [1.807, 2.05) is 16.3 Å². The Bertz CT molecular complexity index is 370. The van der Waals surface area contributed by atoms with E-state index in [2.05, 4.69) is 19.2 Å². The second-order valence-electron chi connectivity index (χ2n) is 4.16. The number of carbonyl (C=O) groups excluding carboxylic acids is 1. The maximum absolute atomic E-state index is 11.6. The topological polar surface area (TPSA) is 32.3 Å². The van der Waals surface area contributed by atoms with Gasteiger partial charge in [0.2, 0.25) is 5.91 Å². The molecule has 0 atom stereocenters. The van der Waals surface area contributed by atoms with Crippen LogP contribution < -0.4 is 10.2 Å². The number of fused-ring (bicyclic) bond motifs is 1. The molecule has 76 valence electrons. The zero-order chi connectivity index (χ0) is 10.3. The molecule has 1 aliphatic heterocycles. The number of carbonyl (C=O) groups is 1. The third-order valence-electron chi connectivity index (χ3n) is 2.48. The summed E-state index contributed by atoms with van der Waals surface area (Å²) in [5, 5.41) is 6.38. The Morgan fingerprint density at radius 1 is 1.64 bits per heavy atom. The molecule has 1 N–H and O–H groups in total. The smallest absolute Gasteiger partial charge is 0.225 e. The van der Waals surface area contributed by atoms with E-state index in [1.165, 1.54) is 0 Å². The van der Waals surface area contributed by atoms with Crippen molar-refractivity contribution in [2.24, 2.45) is 0 Å². The van der Waals surface area contributed by atoms with Crippen molar-refractivity contribution in [3.05, 3.63) is 11.4 Å². The Morgan fingerprint density at radius 3 is 3.00 bits per heavy atom. The monoisotopic (exact) mass is 210 g/mol. The van der Waals surface area contributed by atoms with Crippen LogP contribution in [0, 0.1) is 0 Å². The molecule has 0 aromatic carbocycles. The Labute approximate surface area is 87.7 Å². The molecule has 1 aromatic rings. The largest absolute Gasteiger partial charge is 0.380 e. The van der Waals surface area contributed by atoms with Gasteiger partial charge in [-0.25, -0.2) is 0 Å². The highest BCUT2D eigenvalue weighted by atomic mass is 32.1. The minimum absolute atomic E-state index is 0.111. The summed E-state index contributed by atoms with van der Waals surface area (Å²) in [4.78, 5) is 13.5. The lowest BCUT2D eigenvalue weighted by Gasteiger charge is -2.41. The van der Waals surface area contributed by atoms with Crippen LogP contribution in [0.1, 0.15) is 20.8 Å². The molecule has 4 heteroatoms. The number of amides is 1. The van der Waals surface area contributed by atoms with Crippen LogP contribution in [0.2, 0.25) is 0 Å². The molecule has 0 radical (unpaired) electrons. The summed E-state index contributed by atoms with van der Waals surface area (Å²) in [6.07, 6.45) is 0. The number of hydrogen-bond donors (Lipinski definition) is 1. The van der Waals surface area contributed by atoms with E-state index < -0.39 is 0 Å². The van der Waals surface area contributed by atoms with Crippen LogP contribution in [-0.2, 0) is 4.79 Å². The van der Waals surface area contributed by atoms with Crippen molar-refractivity contribution >= 4 is 27.9 Å². The Kier molecular flexibility index (Phi) is 2.03. The van der Waals surface area contributed by atoms with Crippen molar-refractivity contribution in [1.29, 1.82) is 0 Å². The molecule has 0 fully saturated rings. The summed E-state index contributed by atoms with van der Waals surface area (Å²) < 4.78 is 0. The molecule has 1 aliphatic rings. The summed E-state index contributed by atoms with van der Waals surface area (Å²) in [5.41, 5.74) is 0.938. The molecule has 2 rings (SSSR count). The lowest BCUT2D eigenvalue weighted by Crippen LogP contribution is -2.53. The van der Waals surface area contributed by atoms with Crippen molar-refractivity contribution in [3.63, 3.8) is 0 Å². The molecular formula is C10H14N2OS. The maximum atomic E-state index is 11.6. The lowest BCUT2D eigenvalue weighted by atomic mass is 10.0. The number of nitrogens with one attached hydrogen (secondary N) is 1. The molecule has 0 saturated heterocycles. The molecule has 1 aromatic heterocycles. The van der Waals surface area contributed by atoms with Crippen molar-refractivity contribution in [2.45, 2.75) is 26.3 Å². The van der Waals surface area contributed by atoms with Crippen LogP contribution in [-0.4, -0.2) is 18.0 Å². The maximum Gasteiger partial charge on any atom is 0.225 e. The van der Waals surface area contributed by atoms with Gasteiger partial charge in [-0.2, -0.15) is 0 Å². The van der Waals surface area contributed by atoms with Gasteiger partial charge in [0, 0.05) is 13.5 Å². The molecule has 0 aliphatic carbocycles. The van der Waals surface area contributed by atoms with Crippen LogP contribution in [0.4, 0.5) is 10.7 Å². The van der Waals surface area contributed by atoms with Gasteiger partial charge < -0.3 is 5.32 Å². The van der Waals surface area contributed by atoms with Gasteiger partial charge >= 0.3 is 0 Å². The first-order valence-corrected chi connectivity index (χ1v) is 5.52. The zero-order valence-corrected chi connectivity index (χ0v) is 9.44. The highest BCUT2D eigenvalue weighted by Gasteiger charge is 2.36. The summed E-state index contributed by atoms with van der Waals surface area (Å²) in [6, 6.07) is 2.02. The molecule has 0 bridgehead atoms. The van der Waals surface area contributed by atoms with Crippen molar-refractivity contribution in [3.8, 4) is 0 Å². The second kappa shape index (κ2) is 2.98. The minimum atomic E-state index is -0.135. The van der Waals surface area contributed by atoms with Crippen molar-refractivity contribution in [2.75, 3.05) is 16.8 Å². The predicted octanol–water partition coefficient (Wildman–Crippen LogP) is 2.31. The van der Waals surface area contributed by atoms with Gasteiger partial charge in [0.05, 0.1) is 11.2 Å². The standard InChI is InChI=1S/C10H14N2OS/c1-7(13)12-9-8(4-5-14-9)11-6-10(12,2)3/h4-5,11H,6H2,1-3H3.